The molecule has 0 fully saturated rings. The van der Waals surface area contributed by atoms with Crippen molar-refractivity contribution in [3.05, 3.63) is 30.2 Å². The van der Waals surface area contributed by atoms with Gasteiger partial charge in [-0.3, -0.25) is 0 Å². The molecule has 0 spiro atoms. The summed E-state index contributed by atoms with van der Waals surface area (Å²) in [6.45, 7) is 3.13. The molecule has 3 nitrogen and oxygen atoms in total. The second kappa shape index (κ2) is 3.52. The Morgan fingerprint density at radius 2 is 2.11 bits per heavy atom. The Labute approximate surface area is 52.2 Å². The van der Waals surface area contributed by atoms with Crippen LogP contribution in [0.15, 0.2) is 30.2 Å². The van der Waals surface area contributed by atoms with E-state index >= 15 is 0 Å². The fourth-order valence-electron chi connectivity index (χ4n) is 0.273. The highest BCUT2D eigenvalue weighted by molar-refractivity contribution is 5.80. The van der Waals surface area contributed by atoms with Crippen LogP contribution in [0.5, 0.6) is 0 Å². The van der Waals surface area contributed by atoms with Crippen molar-refractivity contribution in [1.82, 2.24) is 0 Å². The van der Waals surface area contributed by atoms with Crippen LogP contribution in [0.4, 0.5) is 0 Å². The molecule has 0 amide bonds. The molecule has 3 heteroatoms. The summed E-state index contributed by atoms with van der Waals surface area (Å²) in [6.07, 6.45) is 1.71. The number of rotatable bonds is 2. The van der Waals surface area contributed by atoms with Crippen LogP contribution in [0.25, 0.3) is 0 Å². The van der Waals surface area contributed by atoms with Crippen molar-refractivity contribution in [2.24, 2.45) is 0 Å². The molecule has 0 aromatic heterocycles. The molecule has 0 aliphatic heterocycles. The number of hydrogen-bond donors (Lipinski definition) is 2. The second-order valence-corrected chi connectivity index (χ2v) is 1.26. The molecule has 0 unspecified atom stereocenters. The lowest BCUT2D eigenvalue weighted by molar-refractivity contribution is -0.131. The molecule has 0 aromatic rings. The highest BCUT2D eigenvalue weighted by Gasteiger charge is 1.89. The number of allylic oxidation sites excluding steroid dienone is 1. The monoisotopic (exact) mass is 126 g/mol. The molecule has 0 aromatic carbocycles. The second-order valence-electron chi connectivity index (χ2n) is 1.26. The molecule has 0 saturated heterocycles. The average molecular weight is 126 g/mol. The number of carboxylic acid groups (broad SMARTS) is 1. The molecule has 9 heavy (non-hydrogen) atoms. The maximum Gasteiger partial charge on any atom is 0.332 e. The predicted octanol–water partition coefficient (Wildman–Crippen LogP) is 0.854. The summed E-state index contributed by atoms with van der Waals surface area (Å²) in [4.78, 5) is 9.78. The van der Waals surface area contributed by atoms with Gasteiger partial charge in [0.15, 0.2) is 0 Å². The van der Waals surface area contributed by atoms with Crippen LogP contribution in [-0.4, -0.2) is 16.2 Å². The van der Waals surface area contributed by atoms with Gasteiger partial charge in [-0.05, 0) is 0 Å². The van der Waals surface area contributed by atoms with Crippen LogP contribution in [0.2, 0.25) is 0 Å². The predicted molar refractivity (Wildman–Crippen MR) is 32.1 cm³/mol. The number of aliphatic hydroxyl groups excluding tert-OH is 1. The Bertz CT molecular complexity index is 184. The summed E-state index contributed by atoms with van der Waals surface area (Å²) < 4.78 is 0. The molecule has 2 N–H and O–H groups in total. The first-order valence-electron chi connectivity index (χ1n) is 2.16. The summed E-state index contributed by atoms with van der Waals surface area (Å²) in [5.74, 6) is -1.56. The largest absolute Gasteiger partial charge is 0.507 e. The normalized spacial score (nSPS) is 10.0. The first-order chi connectivity index (χ1) is 4.16. The van der Waals surface area contributed by atoms with Crippen LogP contribution >= 0.6 is 0 Å². The van der Waals surface area contributed by atoms with Gasteiger partial charge in [0.05, 0.1) is 6.08 Å². The minimum absolute atomic E-state index is 0.363. The minimum atomic E-state index is -1.20. The standard InChI is InChI=1S/C6H6O3/c1-2-3-5(7)4-6(8)9/h3-4,7H,1H2,(H,8,9). The van der Waals surface area contributed by atoms with Crippen molar-refractivity contribution < 1.29 is 15.0 Å². The topological polar surface area (TPSA) is 57.5 Å². The number of carboxylic acids is 1. The van der Waals surface area contributed by atoms with Gasteiger partial charge in [-0.25, -0.2) is 4.79 Å². The minimum Gasteiger partial charge on any atom is -0.507 e. The number of aliphatic carboxylic acids is 1. The molecule has 0 aliphatic carbocycles. The van der Waals surface area contributed by atoms with E-state index in [-0.39, 0.29) is 5.76 Å². The van der Waals surface area contributed by atoms with Crippen molar-refractivity contribution in [2.75, 3.05) is 0 Å². The molecular weight excluding hydrogens is 120 g/mol. The van der Waals surface area contributed by atoms with Crippen molar-refractivity contribution in [2.45, 2.75) is 0 Å². The van der Waals surface area contributed by atoms with Crippen LogP contribution in [0.1, 0.15) is 0 Å². The number of hydrogen-bond acceptors (Lipinski definition) is 2. The van der Waals surface area contributed by atoms with Gasteiger partial charge in [-0.2, -0.15) is 0 Å². The van der Waals surface area contributed by atoms with E-state index in [0.29, 0.717) is 6.08 Å². The number of aliphatic hydroxyl groups is 1. The average Bonchev–Trinajstić information content (AvgIpc) is 1.63. The number of carbonyl (C=O) groups is 1. The van der Waals surface area contributed by atoms with E-state index < -0.39 is 5.97 Å². The van der Waals surface area contributed by atoms with E-state index in [2.05, 4.69) is 12.3 Å². The summed E-state index contributed by atoms with van der Waals surface area (Å²) in [6, 6.07) is 0. The van der Waals surface area contributed by atoms with Gasteiger partial charge >= 0.3 is 5.97 Å². The lowest BCUT2D eigenvalue weighted by Gasteiger charge is -1.82. The zero-order chi connectivity index (χ0) is 7.28. The van der Waals surface area contributed by atoms with E-state index in [4.69, 9.17) is 10.2 Å². The van der Waals surface area contributed by atoms with Crippen molar-refractivity contribution in [3.8, 4) is 0 Å². The molecule has 0 radical (unpaired) electrons. The Morgan fingerprint density at radius 3 is 2.44 bits per heavy atom. The molecular formula is C6H6O3. The lowest BCUT2D eigenvalue weighted by atomic mass is 10.4. The van der Waals surface area contributed by atoms with Crippen LogP contribution < -0.4 is 0 Å². The van der Waals surface area contributed by atoms with E-state index in [1.807, 2.05) is 0 Å². The third kappa shape index (κ3) is 4.38. The molecule has 0 rings (SSSR count). The van der Waals surface area contributed by atoms with E-state index in [0.717, 1.165) is 6.08 Å². The van der Waals surface area contributed by atoms with E-state index in [1.54, 1.807) is 0 Å². The van der Waals surface area contributed by atoms with Gasteiger partial charge in [0.1, 0.15) is 5.76 Å². The van der Waals surface area contributed by atoms with Crippen molar-refractivity contribution >= 4 is 5.97 Å². The Morgan fingerprint density at radius 1 is 1.56 bits per heavy atom. The fraction of sp³-hybridized carbons (Fsp3) is 0. The van der Waals surface area contributed by atoms with Gasteiger partial charge in [0.25, 0.3) is 0 Å². The first-order valence-corrected chi connectivity index (χ1v) is 2.16. The maximum atomic E-state index is 9.78. The smallest absolute Gasteiger partial charge is 0.332 e. The summed E-state index contributed by atoms with van der Waals surface area (Å²) in [5, 5.41) is 16.5. The molecule has 0 aliphatic rings. The summed E-state index contributed by atoms with van der Waals surface area (Å²) in [5.41, 5.74) is 2.22. The zero-order valence-electron chi connectivity index (χ0n) is 4.66. The van der Waals surface area contributed by atoms with Crippen molar-refractivity contribution in [3.63, 3.8) is 0 Å². The highest BCUT2D eigenvalue weighted by atomic mass is 16.4. The van der Waals surface area contributed by atoms with E-state index in [1.165, 1.54) is 0 Å². The molecule has 0 atom stereocenters. The lowest BCUT2D eigenvalue weighted by Crippen LogP contribution is -1.88. The Balaban J connectivity index is 4.16. The summed E-state index contributed by atoms with van der Waals surface area (Å²) in [7, 11) is 0. The molecule has 48 valence electrons. The van der Waals surface area contributed by atoms with Crippen LogP contribution in [-0.2, 0) is 4.79 Å². The molecule has 0 bridgehead atoms. The quantitative estimate of drug-likeness (QED) is 0.249. The fourth-order valence-corrected chi connectivity index (χ4v) is 0.273. The van der Waals surface area contributed by atoms with Gasteiger partial charge < -0.3 is 10.2 Å². The van der Waals surface area contributed by atoms with Gasteiger partial charge in [-0.1, -0.05) is 6.58 Å². The van der Waals surface area contributed by atoms with Gasteiger partial charge in [0.2, 0.25) is 0 Å². The van der Waals surface area contributed by atoms with Gasteiger partial charge in [0, 0.05) is 6.08 Å². The van der Waals surface area contributed by atoms with Crippen molar-refractivity contribution in [1.29, 1.82) is 0 Å². The maximum absolute atomic E-state index is 9.78. The molecule has 0 saturated carbocycles. The van der Waals surface area contributed by atoms with Crippen LogP contribution in [0.3, 0.4) is 0 Å². The third-order valence-corrected chi connectivity index (χ3v) is 0.521. The Kier molecular flexibility index (Phi) is 2.95. The zero-order valence-corrected chi connectivity index (χ0v) is 4.66. The SMILES string of the molecule is C=C=CC(O)=CC(=O)O. The van der Waals surface area contributed by atoms with E-state index in [9.17, 15) is 4.79 Å². The third-order valence-electron chi connectivity index (χ3n) is 0.521. The molecule has 0 heterocycles. The van der Waals surface area contributed by atoms with Crippen LogP contribution in [0, 0.1) is 0 Å². The first kappa shape index (κ1) is 7.53. The highest BCUT2D eigenvalue weighted by Crippen LogP contribution is 1.86. The summed E-state index contributed by atoms with van der Waals surface area (Å²) >= 11 is 0. The van der Waals surface area contributed by atoms with Gasteiger partial charge in [-0.15, -0.1) is 5.73 Å². The Hall–Kier alpha value is -1.47.